The van der Waals surface area contributed by atoms with Crippen molar-refractivity contribution in [1.29, 1.82) is 0 Å². The average Bonchev–Trinajstić information content (AvgIpc) is 3.06. The third-order valence-electron chi connectivity index (χ3n) is 12.1. The summed E-state index contributed by atoms with van der Waals surface area (Å²) < 4.78 is 15.4. The zero-order valence-electron chi connectivity index (χ0n) is 29.4. The number of aryl methyl sites for hydroxylation is 1. The fourth-order valence-corrected chi connectivity index (χ4v) is 8.72. The van der Waals surface area contributed by atoms with E-state index in [1.165, 1.54) is 25.0 Å². The lowest BCUT2D eigenvalue weighted by Crippen LogP contribution is -2.63. The molecule has 9 nitrogen and oxygen atoms in total. The van der Waals surface area contributed by atoms with Crippen LogP contribution in [0.25, 0.3) is 10.9 Å². The van der Waals surface area contributed by atoms with E-state index in [-0.39, 0.29) is 11.4 Å². The zero-order chi connectivity index (χ0) is 33.6. The number of fused-ring (bicyclic) bond motifs is 3. The monoisotopic (exact) mass is 656 g/mol. The number of aliphatic imine (C=N–C) groups is 1. The van der Waals surface area contributed by atoms with E-state index in [0.29, 0.717) is 53.8 Å². The van der Waals surface area contributed by atoms with E-state index < -0.39 is 0 Å². The zero-order valence-corrected chi connectivity index (χ0v) is 29.4. The molecule has 0 unspecified atom stereocenters. The number of nitrogens with one attached hydrogen (secondary N) is 2. The smallest absolute Gasteiger partial charge is 0.261 e. The van der Waals surface area contributed by atoms with Crippen LogP contribution in [0.4, 0.5) is 10.1 Å². The molecule has 0 spiro atoms. The highest BCUT2D eigenvalue weighted by Gasteiger charge is 2.56. The second-order valence-corrected chi connectivity index (χ2v) is 15.6. The molecule has 1 aromatic heterocycles. The molecule has 5 fully saturated rings. The number of hydrogen-bond acceptors (Lipinski definition) is 6. The Hall–Kier alpha value is -3.34. The van der Waals surface area contributed by atoms with Gasteiger partial charge in [0.05, 0.1) is 23.1 Å². The minimum absolute atomic E-state index is 0.0334. The van der Waals surface area contributed by atoms with Crippen molar-refractivity contribution in [1.82, 2.24) is 34.9 Å². The molecule has 0 radical (unpaired) electrons. The fourth-order valence-electron chi connectivity index (χ4n) is 8.72. The van der Waals surface area contributed by atoms with Crippen LogP contribution in [-0.2, 0) is 19.5 Å². The van der Waals surface area contributed by atoms with Crippen LogP contribution in [0.5, 0.6) is 0 Å². The topological polar surface area (TPSA) is 81.0 Å². The predicted octanol–water partition coefficient (Wildman–Crippen LogP) is 4.47. The first-order valence-corrected chi connectivity index (χ1v) is 18.1. The van der Waals surface area contributed by atoms with Crippen LogP contribution in [0, 0.1) is 29.0 Å². The van der Waals surface area contributed by atoms with E-state index in [2.05, 4.69) is 60.1 Å². The minimum atomic E-state index is -0.254. The van der Waals surface area contributed by atoms with E-state index in [9.17, 15) is 9.18 Å². The first-order chi connectivity index (χ1) is 23.0. The molecular formula is C38H53FN8O. The first kappa shape index (κ1) is 33.2. The summed E-state index contributed by atoms with van der Waals surface area (Å²) in [6.45, 7) is 17.2. The summed E-state index contributed by atoms with van der Waals surface area (Å²) in [6.07, 6.45) is 3.15. The second kappa shape index (κ2) is 13.5. The summed E-state index contributed by atoms with van der Waals surface area (Å²) in [7, 11) is 2.15. The number of hydrogen-bond donors (Lipinski definition) is 2. The van der Waals surface area contributed by atoms with Crippen LogP contribution in [0.2, 0.25) is 0 Å². The Morgan fingerprint density at radius 2 is 1.83 bits per heavy atom. The molecule has 2 aromatic carbocycles. The normalized spacial score (nSPS) is 28.0. The van der Waals surface area contributed by atoms with E-state index in [1.807, 2.05) is 22.8 Å². The summed E-state index contributed by atoms with van der Waals surface area (Å²) in [6, 6.07) is 13.2. The molecule has 10 heteroatoms. The Morgan fingerprint density at radius 3 is 2.54 bits per heavy atom. The largest absolute Gasteiger partial charge is 0.353 e. The van der Waals surface area contributed by atoms with Crippen molar-refractivity contribution in [3.63, 3.8) is 0 Å². The van der Waals surface area contributed by atoms with Gasteiger partial charge in [-0.2, -0.15) is 0 Å². The molecule has 3 aliphatic carbocycles. The highest BCUT2D eigenvalue weighted by Crippen LogP contribution is 2.61. The summed E-state index contributed by atoms with van der Waals surface area (Å²) in [5.41, 5.74) is 2.89. The summed E-state index contributed by atoms with van der Waals surface area (Å²) in [4.78, 5) is 31.6. The molecule has 5 atom stereocenters. The maximum absolute atomic E-state index is 14.1. The Balaban J connectivity index is 1.21. The van der Waals surface area contributed by atoms with Gasteiger partial charge in [-0.3, -0.25) is 14.3 Å². The van der Waals surface area contributed by atoms with Crippen molar-refractivity contribution < 1.29 is 4.39 Å². The van der Waals surface area contributed by atoms with Gasteiger partial charge in [0.15, 0.2) is 5.96 Å². The number of guanidine groups is 1. The summed E-state index contributed by atoms with van der Waals surface area (Å²) >= 11 is 0. The molecule has 3 heterocycles. The van der Waals surface area contributed by atoms with Gasteiger partial charge in [0.1, 0.15) is 11.6 Å². The SMILES string of the molecule is C[C@H]1[C@@H](NC(=Nc2ccc3c(=O)n(CCc4ccc(F)cc4)c(CN4CCN(C)CC4)nc3c2)N2CCN[C@@H](C)C2)C[C@@H]2C[C@@H]1C2(C)C. The van der Waals surface area contributed by atoms with E-state index in [0.717, 1.165) is 80.7 Å². The standard InChI is InChI=1S/C38H53FN8O/c1-25-23-46(15-13-40-25)37(43-33-21-28-20-32(26(33)2)38(28,3)4)41-30-10-11-31-34(22-30)42-35(24-45-18-16-44(5)17-19-45)47(36(31)48)14-12-27-6-8-29(39)9-7-27/h6-11,22,25-26,28,32-33,40H,12-21,23-24H2,1-5H3,(H,41,43)/t25-,26+,28-,32-,33-/m0/s1. The molecule has 5 aliphatic rings. The lowest BCUT2D eigenvalue weighted by Gasteiger charge is -2.62. The van der Waals surface area contributed by atoms with Gasteiger partial charge < -0.3 is 20.4 Å². The van der Waals surface area contributed by atoms with Gasteiger partial charge in [-0.05, 0) is 92.3 Å². The van der Waals surface area contributed by atoms with Crippen LogP contribution in [0.1, 0.15) is 51.9 Å². The third kappa shape index (κ3) is 6.76. The second-order valence-electron chi connectivity index (χ2n) is 15.6. The van der Waals surface area contributed by atoms with Gasteiger partial charge in [-0.25, -0.2) is 14.4 Å². The number of aromatic nitrogens is 2. The molecule has 258 valence electrons. The average molecular weight is 657 g/mol. The Labute approximate surface area is 284 Å². The third-order valence-corrected chi connectivity index (χ3v) is 12.1. The maximum Gasteiger partial charge on any atom is 0.261 e. The predicted molar refractivity (Wildman–Crippen MR) is 191 cm³/mol. The van der Waals surface area contributed by atoms with Crippen molar-refractivity contribution in [3.05, 3.63) is 70.0 Å². The summed E-state index contributed by atoms with van der Waals surface area (Å²) in [5, 5.41) is 8.12. The molecule has 2 aliphatic heterocycles. The number of piperazine rings is 2. The highest BCUT2D eigenvalue weighted by atomic mass is 19.1. The van der Waals surface area contributed by atoms with Crippen LogP contribution in [0.15, 0.2) is 52.3 Å². The Kier molecular flexibility index (Phi) is 9.34. The van der Waals surface area contributed by atoms with Crippen molar-refractivity contribution >= 4 is 22.5 Å². The van der Waals surface area contributed by atoms with Crippen LogP contribution < -0.4 is 16.2 Å². The summed E-state index contributed by atoms with van der Waals surface area (Å²) in [5.74, 6) is 3.53. The number of rotatable bonds is 7. The van der Waals surface area contributed by atoms with Crippen molar-refractivity contribution in [2.75, 3.05) is 52.9 Å². The fraction of sp³-hybridized carbons (Fsp3) is 0.605. The van der Waals surface area contributed by atoms with Gasteiger partial charge in [0.25, 0.3) is 5.56 Å². The van der Waals surface area contributed by atoms with E-state index in [1.54, 1.807) is 12.1 Å². The first-order valence-electron chi connectivity index (χ1n) is 18.1. The molecule has 2 N–H and O–H groups in total. The molecule has 48 heavy (non-hydrogen) atoms. The van der Waals surface area contributed by atoms with E-state index in [4.69, 9.17) is 9.98 Å². The maximum atomic E-state index is 14.1. The van der Waals surface area contributed by atoms with Crippen molar-refractivity contribution in [2.24, 2.45) is 28.2 Å². The molecule has 0 amide bonds. The number of nitrogens with zero attached hydrogens (tertiary/aromatic N) is 6. The molecule has 8 rings (SSSR count). The lowest BCUT2D eigenvalue weighted by molar-refractivity contribution is -0.112. The van der Waals surface area contributed by atoms with Crippen LogP contribution >= 0.6 is 0 Å². The van der Waals surface area contributed by atoms with Crippen molar-refractivity contribution in [2.45, 2.75) is 72.1 Å². The van der Waals surface area contributed by atoms with E-state index >= 15 is 0 Å². The molecule has 3 saturated carbocycles. The van der Waals surface area contributed by atoms with Gasteiger partial charge in [-0.1, -0.05) is 32.9 Å². The molecule has 3 aromatic rings. The highest BCUT2D eigenvalue weighted by molar-refractivity contribution is 5.86. The number of likely N-dealkylation sites (N-methyl/N-ethyl adjacent to an activating group) is 1. The van der Waals surface area contributed by atoms with Gasteiger partial charge in [0.2, 0.25) is 0 Å². The lowest BCUT2D eigenvalue weighted by atomic mass is 9.45. The molecule has 2 bridgehead atoms. The Bertz CT molecular complexity index is 1700. The molecule has 2 saturated heterocycles. The number of halogens is 1. The van der Waals surface area contributed by atoms with Gasteiger partial charge in [-0.15, -0.1) is 0 Å². The van der Waals surface area contributed by atoms with Crippen molar-refractivity contribution in [3.8, 4) is 0 Å². The van der Waals surface area contributed by atoms with Gasteiger partial charge >= 0.3 is 0 Å². The minimum Gasteiger partial charge on any atom is -0.353 e. The quantitative estimate of drug-likeness (QED) is 0.287. The molecular weight excluding hydrogens is 603 g/mol. The number of benzene rings is 2. The van der Waals surface area contributed by atoms with Crippen LogP contribution in [-0.4, -0.2) is 95.2 Å². The van der Waals surface area contributed by atoms with Crippen LogP contribution in [0.3, 0.4) is 0 Å². The van der Waals surface area contributed by atoms with Gasteiger partial charge in [0, 0.05) is 64.4 Å². The Morgan fingerprint density at radius 1 is 1.06 bits per heavy atom.